The van der Waals surface area contributed by atoms with E-state index in [4.69, 9.17) is 0 Å². The van der Waals surface area contributed by atoms with Crippen LogP contribution in [-0.4, -0.2) is 21.5 Å². The third-order valence-corrected chi connectivity index (χ3v) is 3.89. The second kappa shape index (κ2) is 6.73. The largest absolute Gasteiger partial charge is 0.312 e. The number of aromatic nitrogens is 3. The summed E-state index contributed by atoms with van der Waals surface area (Å²) in [4.78, 5) is 14.7. The van der Waals surface area contributed by atoms with Crippen molar-refractivity contribution >= 4 is 11.3 Å². The van der Waals surface area contributed by atoms with Crippen LogP contribution in [0.15, 0.2) is 12.4 Å². The van der Waals surface area contributed by atoms with Crippen LogP contribution in [0.4, 0.5) is 0 Å². The highest BCUT2D eigenvalue weighted by molar-refractivity contribution is 7.15. The van der Waals surface area contributed by atoms with Crippen molar-refractivity contribution in [3.63, 3.8) is 0 Å². The molecule has 4 nitrogen and oxygen atoms in total. The normalized spacial score (nSPS) is 10.9. The lowest BCUT2D eigenvalue weighted by atomic mass is 10.3. The van der Waals surface area contributed by atoms with Gasteiger partial charge in [-0.05, 0) is 31.9 Å². The molecule has 0 radical (unpaired) electrons. The van der Waals surface area contributed by atoms with E-state index in [1.165, 1.54) is 4.88 Å². The van der Waals surface area contributed by atoms with E-state index in [1.807, 2.05) is 19.3 Å². The van der Waals surface area contributed by atoms with Crippen LogP contribution >= 0.6 is 11.3 Å². The third kappa shape index (κ3) is 3.58. The Labute approximate surface area is 118 Å². The maximum Gasteiger partial charge on any atom is 0.188 e. The van der Waals surface area contributed by atoms with Crippen molar-refractivity contribution in [2.45, 2.75) is 40.2 Å². The average molecular weight is 276 g/mol. The minimum absolute atomic E-state index is 0.729. The van der Waals surface area contributed by atoms with Crippen molar-refractivity contribution in [1.82, 2.24) is 20.3 Å². The molecule has 0 amide bonds. The molecule has 2 rings (SSSR count). The number of hydrogen-bond donors (Lipinski definition) is 1. The van der Waals surface area contributed by atoms with Crippen molar-refractivity contribution in [2.24, 2.45) is 0 Å². The zero-order chi connectivity index (χ0) is 13.7. The Balaban J connectivity index is 2.20. The van der Waals surface area contributed by atoms with E-state index in [0.29, 0.717) is 0 Å². The Morgan fingerprint density at radius 3 is 2.58 bits per heavy atom. The fraction of sp³-hybridized carbons (Fsp3) is 0.500. The van der Waals surface area contributed by atoms with Gasteiger partial charge in [-0.2, -0.15) is 0 Å². The number of nitrogens with one attached hydrogen (secondary N) is 1. The Kier molecular flexibility index (Phi) is 4.99. The molecule has 0 bridgehead atoms. The van der Waals surface area contributed by atoms with Gasteiger partial charge >= 0.3 is 0 Å². The fourth-order valence-electron chi connectivity index (χ4n) is 1.78. The van der Waals surface area contributed by atoms with Gasteiger partial charge in [0, 0.05) is 23.8 Å². The smallest absolute Gasteiger partial charge is 0.188 e. The minimum Gasteiger partial charge on any atom is -0.312 e. The Hall–Kier alpha value is -1.33. The summed E-state index contributed by atoms with van der Waals surface area (Å²) in [6.45, 7) is 8.23. The fourth-order valence-corrected chi connectivity index (χ4v) is 2.84. The summed E-state index contributed by atoms with van der Waals surface area (Å²) in [5.41, 5.74) is 2.23. The molecule has 2 aromatic rings. The molecular formula is C14H20N4S. The SMILES string of the molecule is CCCNCc1sc(-c2ncc(C)cn2)nc1CC. The summed E-state index contributed by atoms with van der Waals surface area (Å²) in [7, 11) is 0. The molecule has 0 saturated heterocycles. The predicted octanol–water partition coefficient (Wildman–Crippen LogP) is 2.97. The van der Waals surface area contributed by atoms with Gasteiger partial charge in [0.2, 0.25) is 0 Å². The van der Waals surface area contributed by atoms with Crippen molar-refractivity contribution < 1.29 is 0 Å². The second-order valence-corrected chi connectivity index (χ2v) is 5.59. The van der Waals surface area contributed by atoms with Crippen molar-refractivity contribution in [1.29, 1.82) is 0 Å². The molecule has 0 aliphatic heterocycles. The lowest BCUT2D eigenvalue weighted by molar-refractivity contribution is 0.676. The summed E-state index contributed by atoms with van der Waals surface area (Å²) in [5, 5.41) is 4.35. The number of aryl methyl sites for hydroxylation is 2. The lowest BCUT2D eigenvalue weighted by Gasteiger charge is -2.01. The maximum atomic E-state index is 4.66. The van der Waals surface area contributed by atoms with E-state index in [-0.39, 0.29) is 0 Å². The summed E-state index contributed by atoms with van der Waals surface area (Å²) in [6, 6.07) is 0. The van der Waals surface area contributed by atoms with Crippen LogP contribution in [0.5, 0.6) is 0 Å². The molecule has 1 N–H and O–H groups in total. The standard InChI is InChI=1S/C14H20N4S/c1-4-6-15-9-12-11(5-2)18-14(19-12)13-16-7-10(3)8-17-13/h7-8,15H,4-6,9H2,1-3H3. The van der Waals surface area contributed by atoms with Crippen LogP contribution in [0.25, 0.3) is 10.8 Å². The summed E-state index contributed by atoms with van der Waals surface area (Å²) in [6.07, 6.45) is 5.77. The first-order valence-electron chi connectivity index (χ1n) is 6.72. The summed E-state index contributed by atoms with van der Waals surface area (Å²) in [5.74, 6) is 0.729. The highest BCUT2D eigenvalue weighted by atomic mass is 32.1. The summed E-state index contributed by atoms with van der Waals surface area (Å²) < 4.78 is 0. The second-order valence-electron chi connectivity index (χ2n) is 4.50. The Bertz CT molecular complexity index is 519. The lowest BCUT2D eigenvalue weighted by Crippen LogP contribution is -2.13. The van der Waals surface area contributed by atoms with Gasteiger partial charge in [-0.15, -0.1) is 11.3 Å². The zero-order valence-corrected chi connectivity index (χ0v) is 12.5. The molecule has 0 fully saturated rings. The molecule has 0 unspecified atom stereocenters. The van der Waals surface area contributed by atoms with E-state index in [2.05, 4.69) is 34.1 Å². The summed E-state index contributed by atoms with van der Waals surface area (Å²) >= 11 is 1.69. The van der Waals surface area contributed by atoms with Crippen LogP contribution in [0.3, 0.4) is 0 Å². The quantitative estimate of drug-likeness (QED) is 0.824. The van der Waals surface area contributed by atoms with E-state index in [9.17, 15) is 0 Å². The van der Waals surface area contributed by atoms with Crippen LogP contribution in [0.2, 0.25) is 0 Å². The highest BCUT2D eigenvalue weighted by Gasteiger charge is 2.12. The molecule has 19 heavy (non-hydrogen) atoms. The van der Waals surface area contributed by atoms with Gasteiger partial charge in [-0.3, -0.25) is 0 Å². The molecule has 0 atom stereocenters. The van der Waals surface area contributed by atoms with Crippen LogP contribution in [0.1, 0.15) is 36.4 Å². The molecule has 102 valence electrons. The Morgan fingerprint density at radius 2 is 1.95 bits per heavy atom. The molecule has 2 heterocycles. The van der Waals surface area contributed by atoms with Gasteiger partial charge in [0.05, 0.1) is 5.69 Å². The molecule has 0 aliphatic rings. The molecule has 2 aromatic heterocycles. The Morgan fingerprint density at radius 1 is 1.21 bits per heavy atom. The maximum absolute atomic E-state index is 4.66. The molecular weight excluding hydrogens is 256 g/mol. The van der Waals surface area contributed by atoms with E-state index in [1.54, 1.807) is 11.3 Å². The number of rotatable bonds is 6. The number of nitrogens with zero attached hydrogens (tertiary/aromatic N) is 3. The van der Waals surface area contributed by atoms with E-state index >= 15 is 0 Å². The van der Waals surface area contributed by atoms with Crippen LogP contribution < -0.4 is 5.32 Å². The number of thiazole rings is 1. The van der Waals surface area contributed by atoms with Gasteiger partial charge in [0.15, 0.2) is 10.8 Å². The third-order valence-electron chi connectivity index (χ3n) is 2.80. The van der Waals surface area contributed by atoms with Crippen molar-refractivity contribution in [2.75, 3.05) is 6.54 Å². The predicted molar refractivity (Wildman–Crippen MR) is 79.3 cm³/mol. The topological polar surface area (TPSA) is 50.7 Å². The minimum atomic E-state index is 0.729. The first-order chi connectivity index (χ1) is 9.24. The monoisotopic (exact) mass is 276 g/mol. The van der Waals surface area contributed by atoms with Gasteiger partial charge in [-0.1, -0.05) is 13.8 Å². The molecule has 0 aliphatic carbocycles. The van der Waals surface area contributed by atoms with Crippen LogP contribution in [-0.2, 0) is 13.0 Å². The van der Waals surface area contributed by atoms with Gasteiger partial charge in [0.25, 0.3) is 0 Å². The molecule has 0 spiro atoms. The van der Waals surface area contributed by atoms with Gasteiger partial charge < -0.3 is 5.32 Å². The van der Waals surface area contributed by atoms with Crippen LogP contribution in [0, 0.1) is 6.92 Å². The molecule has 0 saturated carbocycles. The zero-order valence-electron chi connectivity index (χ0n) is 11.7. The van der Waals surface area contributed by atoms with Crippen molar-refractivity contribution in [3.05, 3.63) is 28.5 Å². The van der Waals surface area contributed by atoms with Gasteiger partial charge in [-0.25, -0.2) is 15.0 Å². The first-order valence-corrected chi connectivity index (χ1v) is 7.54. The number of hydrogen-bond acceptors (Lipinski definition) is 5. The van der Waals surface area contributed by atoms with E-state index < -0.39 is 0 Å². The van der Waals surface area contributed by atoms with E-state index in [0.717, 1.165) is 48.0 Å². The first kappa shape index (κ1) is 14.1. The molecule has 0 aromatic carbocycles. The van der Waals surface area contributed by atoms with Gasteiger partial charge in [0.1, 0.15) is 0 Å². The molecule has 5 heteroatoms. The average Bonchev–Trinajstić information content (AvgIpc) is 2.83. The van der Waals surface area contributed by atoms with Crippen molar-refractivity contribution in [3.8, 4) is 10.8 Å². The highest BCUT2D eigenvalue weighted by Crippen LogP contribution is 2.26.